The van der Waals surface area contributed by atoms with Crippen molar-refractivity contribution in [3.8, 4) is 5.75 Å². The molecule has 3 rings (SSSR count). The van der Waals surface area contributed by atoms with Crippen LogP contribution in [-0.4, -0.2) is 34.0 Å². The number of nitrogens with one attached hydrogen (secondary N) is 1. The van der Waals surface area contributed by atoms with Crippen LogP contribution in [0, 0.1) is 5.82 Å². The fourth-order valence-corrected chi connectivity index (χ4v) is 4.73. The maximum atomic E-state index is 13.2. The summed E-state index contributed by atoms with van der Waals surface area (Å²) in [4.78, 5) is 12.6. The lowest BCUT2D eigenvalue weighted by atomic mass is 10.3. The molecule has 1 N–H and O–H groups in total. The molecule has 0 aliphatic heterocycles. The molecule has 1 amide bonds. The van der Waals surface area contributed by atoms with Crippen molar-refractivity contribution < 1.29 is 22.3 Å². The van der Waals surface area contributed by atoms with Gasteiger partial charge in [-0.25, -0.2) is 12.8 Å². The van der Waals surface area contributed by atoms with Gasteiger partial charge in [0.05, 0.1) is 17.1 Å². The monoisotopic (exact) mass is 496 g/mol. The van der Waals surface area contributed by atoms with Crippen molar-refractivity contribution in [1.29, 1.82) is 0 Å². The van der Waals surface area contributed by atoms with Gasteiger partial charge in [-0.2, -0.15) is 0 Å². The first-order valence-electron chi connectivity index (χ1n) is 9.44. The van der Waals surface area contributed by atoms with E-state index in [1.807, 2.05) is 0 Å². The molecule has 0 saturated heterocycles. The van der Waals surface area contributed by atoms with Crippen molar-refractivity contribution in [2.75, 3.05) is 24.0 Å². The van der Waals surface area contributed by atoms with Crippen LogP contribution in [0.25, 0.3) is 0 Å². The molecule has 0 fully saturated rings. The Kier molecular flexibility index (Phi) is 7.95. The fourth-order valence-electron chi connectivity index (χ4n) is 2.79. The highest BCUT2D eigenvalue weighted by molar-refractivity contribution is 7.92. The molecule has 0 heterocycles. The predicted molar refractivity (Wildman–Crippen MR) is 122 cm³/mol. The number of hydrogen-bond acceptors (Lipinski definition) is 4. The Balaban J connectivity index is 1.72. The summed E-state index contributed by atoms with van der Waals surface area (Å²) in [6, 6.07) is 17.5. The summed E-state index contributed by atoms with van der Waals surface area (Å²) in [6.07, 6.45) is 0. The highest BCUT2D eigenvalue weighted by Gasteiger charge is 2.27. The summed E-state index contributed by atoms with van der Waals surface area (Å²) in [5.41, 5.74) is 0.157. The lowest BCUT2D eigenvalue weighted by molar-refractivity contribution is -0.119. The zero-order chi connectivity index (χ0) is 23.1. The Morgan fingerprint density at radius 3 is 2.22 bits per heavy atom. The minimum absolute atomic E-state index is 0.0172. The van der Waals surface area contributed by atoms with E-state index in [-0.39, 0.29) is 39.6 Å². The topological polar surface area (TPSA) is 75.7 Å². The highest BCUT2D eigenvalue weighted by Crippen LogP contribution is 2.29. The molecular formula is C22H19Cl2FN2O4S. The van der Waals surface area contributed by atoms with Crippen LogP contribution in [0.4, 0.5) is 10.1 Å². The molecule has 3 aromatic rings. The Bertz CT molecular complexity index is 1160. The van der Waals surface area contributed by atoms with E-state index in [4.69, 9.17) is 27.9 Å². The van der Waals surface area contributed by atoms with Crippen molar-refractivity contribution in [3.63, 3.8) is 0 Å². The molecule has 0 aliphatic carbocycles. The SMILES string of the molecule is O=C(CN(c1cc(Cl)cc(Cl)c1)S(=O)(=O)c1ccccc1)NCCOc1ccc(F)cc1. The number of anilines is 1. The van der Waals surface area contributed by atoms with Gasteiger partial charge in [0.15, 0.2) is 0 Å². The molecule has 32 heavy (non-hydrogen) atoms. The lowest BCUT2D eigenvalue weighted by Gasteiger charge is -2.24. The third-order valence-electron chi connectivity index (χ3n) is 4.26. The number of nitrogens with zero attached hydrogens (tertiary/aromatic N) is 1. The number of carbonyl (C=O) groups is 1. The number of halogens is 3. The Labute approximate surface area is 195 Å². The van der Waals surface area contributed by atoms with Crippen LogP contribution >= 0.6 is 23.2 Å². The van der Waals surface area contributed by atoms with Crippen molar-refractivity contribution in [2.24, 2.45) is 0 Å². The molecule has 0 atom stereocenters. The Morgan fingerprint density at radius 1 is 0.969 bits per heavy atom. The first-order valence-corrected chi connectivity index (χ1v) is 11.6. The minimum atomic E-state index is -4.07. The van der Waals surface area contributed by atoms with E-state index in [1.165, 1.54) is 54.6 Å². The number of sulfonamides is 1. The first kappa shape index (κ1) is 23.8. The zero-order valence-electron chi connectivity index (χ0n) is 16.7. The molecule has 168 valence electrons. The number of carbonyl (C=O) groups excluding carboxylic acids is 1. The Hall–Kier alpha value is -2.81. The normalized spacial score (nSPS) is 11.1. The molecule has 0 bridgehead atoms. The number of ether oxygens (including phenoxy) is 1. The van der Waals surface area contributed by atoms with Gasteiger partial charge in [-0.1, -0.05) is 41.4 Å². The molecule has 0 aromatic heterocycles. The summed E-state index contributed by atoms with van der Waals surface area (Å²) in [5, 5.41) is 3.07. The lowest BCUT2D eigenvalue weighted by Crippen LogP contribution is -2.42. The molecule has 6 nitrogen and oxygen atoms in total. The molecule has 10 heteroatoms. The second kappa shape index (κ2) is 10.7. The molecule has 0 radical (unpaired) electrons. The van der Waals surface area contributed by atoms with Crippen molar-refractivity contribution >= 4 is 44.8 Å². The summed E-state index contributed by atoms with van der Waals surface area (Å²) in [5.74, 6) is -0.489. The second-order valence-corrected chi connectivity index (χ2v) is 9.34. The molecule has 0 saturated carbocycles. The minimum Gasteiger partial charge on any atom is -0.492 e. The maximum absolute atomic E-state index is 13.2. The third kappa shape index (κ3) is 6.35. The molecular weight excluding hydrogens is 478 g/mol. The van der Waals surface area contributed by atoms with E-state index in [1.54, 1.807) is 18.2 Å². The van der Waals surface area contributed by atoms with Gasteiger partial charge in [0.1, 0.15) is 24.7 Å². The van der Waals surface area contributed by atoms with Crippen LogP contribution in [-0.2, 0) is 14.8 Å². The number of amides is 1. The van der Waals surface area contributed by atoms with Crippen molar-refractivity contribution in [1.82, 2.24) is 5.32 Å². The van der Waals surface area contributed by atoms with Crippen LogP contribution in [0.1, 0.15) is 0 Å². The average molecular weight is 497 g/mol. The summed E-state index contributed by atoms with van der Waals surface area (Å²) >= 11 is 12.1. The van der Waals surface area contributed by atoms with Gasteiger partial charge in [0.2, 0.25) is 5.91 Å². The largest absolute Gasteiger partial charge is 0.492 e. The number of rotatable bonds is 9. The summed E-state index contributed by atoms with van der Waals surface area (Å²) < 4.78 is 45.8. The van der Waals surface area contributed by atoms with Gasteiger partial charge in [-0.3, -0.25) is 9.10 Å². The van der Waals surface area contributed by atoms with Gasteiger partial charge < -0.3 is 10.1 Å². The Morgan fingerprint density at radius 2 is 1.59 bits per heavy atom. The highest BCUT2D eigenvalue weighted by atomic mass is 35.5. The fraction of sp³-hybridized carbons (Fsp3) is 0.136. The van der Waals surface area contributed by atoms with E-state index in [9.17, 15) is 17.6 Å². The third-order valence-corrected chi connectivity index (χ3v) is 6.48. The smallest absolute Gasteiger partial charge is 0.264 e. The van der Waals surface area contributed by atoms with Gasteiger partial charge in [-0.15, -0.1) is 0 Å². The first-order chi connectivity index (χ1) is 15.3. The molecule has 0 unspecified atom stereocenters. The van der Waals surface area contributed by atoms with E-state index in [0.29, 0.717) is 5.75 Å². The van der Waals surface area contributed by atoms with Crippen LogP contribution in [0.3, 0.4) is 0 Å². The van der Waals surface area contributed by atoms with Gasteiger partial charge in [0, 0.05) is 10.0 Å². The van der Waals surface area contributed by atoms with Crippen LogP contribution in [0.5, 0.6) is 5.75 Å². The van der Waals surface area contributed by atoms with Crippen molar-refractivity contribution in [3.05, 3.63) is 88.7 Å². The summed E-state index contributed by atoms with van der Waals surface area (Å²) in [7, 11) is -4.07. The molecule has 3 aromatic carbocycles. The number of hydrogen-bond donors (Lipinski definition) is 1. The predicted octanol–water partition coefficient (Wildman–Crippen LogP) is 4.52. The molecule has 0 aliphatic rings. The number of benzene rings is 3. The second-order valence-electron chi connectivity index (χ2n) is 6.60. The zero-order valence-corrected chi connectivity index (χ0v) is 19.0. The van der Waals surface area contributed by atoms with E-state index >= 15 is 0 Å². The van der Waals surface area contributed by atoms with Crippen molar-refractivity contribution in [2.45, 2.75) is 4.90 Å². The standard InChI is InChI=1S/C22H19Cl2FN2O4S/c23-16-12-17(24)14-19(13-16)27(32(29,30)21-4-2-1-3-5-21)15-22(28)26-10-11-31-20-8-6-18(25)7-9-20/h1-9,12-14H,10-11,15H2,(H,26,28). The van der Waals surface area contributed by atoms with Gasteiger partial charge in [0.25, 0.3) is 10.0 Å². The average Bonchev–Trinajstić information content (AvgIpc) is 2.76. The maximum Gasteiger partial charge on any atom is 0.264 e. The van der Waals surface area contributed by atoms with Crippen LogP contribution in [0.15, 0.2) is 77.7 Å². The summed E-state index contributed by atoms with van der Waals surface area (Å²) in [6.45, 7) is -0.262. The van der Waals surface area contributed by atoms with E-state index in [0.717, 1.165) is 4.31 Å². The van der Waals surface area contributed by atoms with E-state index < -0.39 is 22.5 Å². The molecule has 0 spiro atoms. The van der Waals surface area contributed by atoms with Crippen LogP contribution < -0.4 is 14.4 Å². The van der Waals surface area contributed by atoms with E-state index in [2.05, 4.69) is 5.32 Å². The van der Waals surface area contributed by atoms with Crippen LogP contribution in [0.2, 0.25) is 10.0 Å². The van der Waals surface area contributed by atoms with Gasteiger partial charge in [-0.05, 0) is 54.6 Å². The van der Waals surface area contributed by atoms with Gasteiger partial charge >= 0.3 is 0 Å². The quantitative estimate of drug-likeness (QED) is 0.441.